The Bertz CT molecular complexity index is 867. The summed E-state index contributed by atoms with van der Waals surface area (Å²) in [5.41, 5.74) is 1.90. The van der Waals surface area contributed by atoms with Crippen molar-refractivity contribution in [3.63, 3.8) is 0 Å². The van der Waals surface area contributed by atoms with Crippen LogP contribution in [0, 0.1) is 19.7 Å². The Balaban J connectivity index is 1.62. The molecule has 1 amide bonds. The van der Waals surface area contributed by atoms with Crippen LogP contribution in [0.1, 0.15) is 37.8 Å². The molecule has 1 aromatic carbocycles. The standard InChI is InChI=1S/C21H27FN4O3/c1-13(2)28-21(27)26-9-7-16(8-10-26)29-20-15(4)19(23-12-24-20)25-18-6-5-14(3)11-17(18)22/h5-6,11-13,16H,7-10H2,1-4H3,(H,23,24,25). The summed E-state index contributed by atoms with van der Waals surface area (Å²) in [7, 11) is 0. The molecular formula is C21H27FN4O3. The minimum absolute atomic E-state index is 0.0596. The number of rotatable bonds is 5. The van der Waals surface area contributed by atoms with Crippen LogP contribution in [0.15, 0.2) is 24.5 Å². The van der Waals surface area contributed by atoms with Gasteiger partial charge in [-0.25, -0.2) is 19.2 Å². The Hall–Kier alpha value is -2.90. The van der Waals surface area contributed by atoms with Crippen molar-refractivity contribution in [1.29, 1.82) is 0 Å². The summed E-state index contributed by atoms with van der Waals surface area (Å²) in [6.07, 6.45) is 2.28. The zero-order valence-corrected chi connectivity index (χ0v) is 17.2. The Labute approximate surface area is 170 Å². The molecule has 2 aromatic rings. The Kier molecular flexibility index (Phi) is 6.51. The van der Waals surface area contributed by atoms with Crippen molar-refractivity contribution in [2.75, 3.05) is 18.4 Å². The maximum atomic E-state index is 14.1. The largest absolute Gasteiger partial charge is 0.474 e. The van der Waals surface area contributed by atoms with Gasteiger partial charge in [0.25, 0.3) is 0 Å². The first-order chi connectivity index (χ1) is 13.8. The molecule has 3 rings (SSSR count). The van der Waals surface area contributed by atoms with Gasteiger partial charge in [-0.2, -0.15) is 0 Å². The first-order valence-electron chi connectivity index (χ1n) is 9.80. The number of anilines is 2. The van der Waals surface area contributed by atoms with Gasteiger partial charge in [-0.1, -0.05) is 6.07 Å². The minimum atomic E-state index is -0.342. The second kappa shape index (κ2) is 9.07. The molecule has 7 nitrogen and oxygen atoms in total. The second-order valence-electron chi connectivity index (χ2n) is 7.50. The van der Waals surface area contributed by atoms with E-state index in [-0.39, 0.29) is 24.1 Å². The molecule has 1 aromatic heterocycles. The van der Waals surface area contributed by atoms with Gasteiger partial charge >= 0.3 is 6.09 Å². The SMILES string of the molecule is Cc1ccc(Nc2ncnc(OC3CCN(C(=O)OC(C)C)CC3)c2C)c(F)c1. The fourth-order valence-electron chi connectivity index (χ4n) is 3.12. The van der Waals surface area contributed by atoms with E-state index in [2.05, 4.69) is 15.3 Å². The Morgan fingerprint density at radius 1 is 1.24 bits per heavy atom. The molecular weight excluding hydrogens is 375 g/mol. The summed E-state index contributed by atoms with van der Waals surface area (Å²) >= 11 is 0. The molecule has 1 aliphatic rings. The Morgan fingerprint density at radius 3 is 2.62 bits per heavy atom. The minimum Gasteiger partial charge on any atom is -0.474 e. The van der Waals surface area contributed by atoms with E-state index in [0.29, 0.717) is 48.9 Å². The van der Waals surface area contributed by atoms with E-state index >= 15 is 0 Å². The van der Waals surface area contributed by atoms with Crippen LogP contribution >= 0.6 is 0 Å². The van der Waals surface area contributed by atoms with Crippen molar-refractivity contribution in [2.45, 2.75) is 52.7 Å². The maximum absolute atomic E-state index is 14.1. The number of hydrogen-bond donors (Lipinski definition) is 1. The number of piperidine rings is 1. The van der Waals surface area contributed by atoms with E-state index in [1.165, 1.54) is 12.4 Å². The quantitative estimate of drug-likeness (QED) is 0.801. The highest BCUT2D eigenvalue weighted by Crippen LogP contribution is 2.27. The normalized spacial score (nSPS) is 14.8. The van der Waals surface area contributed by atoms with Gasteiger partial charge in [0.15, 0.2) is 0 Å². The highest BCUT2D eigenvalue weighted by molar-refractivity contribution is 5.68. The predicted octanol–water partition coefficient (Wildman–Crippen LogP) is 4.36. The lowest BCUT2D eigenvalue weighted by Crippen LogP contribution is -2.42. The molecule has 1 N–H and O–H groups in total. The lowest BCUT2D eigenvalue weighted by Gasteiger charge is -2.32. The molecule has 0 saturated carbocycles. The first kappa shape index (κ1) is 20.8. The van der Waals surface area contributed by atoms with Gasteiger partial charge in [0.05, 0.1) is 17.4 Å². The van der Waals surface area contributed by atoms with E-state index in [4.69, 9.17) is 9.47 Å². The lowest BCUT2D eigenvalue weighted by atomic mass is 10.1. The van der Waals surface area contributed by atoms with Crippen molar-refractivity contribution in [2.24, 2.45) is 0 Å². The summed E-state index contributed by atoms with van der Waals surface area (Å²) in [5, 5.41) is 3.01. The van der Waals surface area contributed by atoms with Crippen molar-refractivity contribution in [3.8, 4) is 5.88 Å². The van der Waals surface area contributed by atoms with Crippen molar-refractivity contribution >= 4 is 17.6 Å². The highest BCUT2D eigenvalue weighted by Gasteiger charge is 2.26. The van der Waals surface area contributed by atoms with Crippen molar-refractivity contribution in [1.82, 2.24) is 14.9 Å². The molecule has 0 spiro atoms. The number of halogens is 1. The number of aromatic nitrogens is 2. The van der Waals surface area contributed by atoms with Crippen LogP contribution in [0.2, 0.25) is 0 Å². The maximum Gasteiger partial charge on any atom is 0.410 e. The van der Waals surface area contributed by atoms with Crippen LogP contribution < -0.4 is 10.1 Å². The molecule has 0 unspecified atom stereocenters. The topological polar surface area (TPSA) is 76.6 Å². The smallest absolute Gasteiger partial charge is 0.410 e. The molecule has 0 radical (unpaired) electrons. The van der Waals surface area contributed by atoms with E-state index in [0.717, 1.165) is 5.56 Å². The van der Waals surface area contributed by atoms with Gasteiger partial charge < -0.3 is 19.7 Å². The van der Waals surface area contributed by atoms with Crippen LogP contribution in [0.4, 0.5) is 20.7 Å². The van der Waals surface area contributed by atoms with Crippen LogP contribution in [0.25, 0.3) is 0 Å². The third-order valence-corrected chi connectivity index (χ3v) is 4.73. The van der Waals surface area contributed by atoms with Gasteiger partial charge in [-0.05, 0) is 45.4 Å². The van der Waals surface area contributed by atoms with Gasteiger partial charge in [0, 0.05) is 25.9 Å². The van der Waals surface area contributed by atoms with E-state index in [1.54, 1.807) is 11.0 Å². The summed E-state index contributed by atoms with van der Waals surface area (Å²) in [5.74, 6) is 0.611. The molecule has 29 heavy (non-hydrogen) atoms. The monoisotopic (exact) mass is 402 g/mol. The molecule has 8 heteroatoms. The van der Waals surface area contributed by atoms with Gasteiger partial charge in [0.1, 0.15) is 24.1 Å². The number of ether oxygens (including phenoxy) is 2. The third kappa shape index (κ3) is 5.34. The van der Waals surface area contributed by atoms with Crippen LogP contribution in [-0.2, 0) is 4.74 Å². The molecule has 0 aliphatic carbocycles. The number of likely N-dealkylation sites (tertiary alicyclic amines) is 1. The number of hydrogen-bond acceptors (Lipinski definition) is 6. The number of carbonyl (C=O) groups excluding carboxylic acids is 1. The van der Waals surface area contributed by atoms with Crippen molar-refractivity contribution in [3.05, 3.63) is 41.5 Å². The fourth-order valence-corrected chi connectivity index (χ4v) is 3.12. The summed E-state index contributed by atoms with van der Waals surface area (Å²) in [4.78, 5) is 22.1. The van der Waals surface area contributed by atoms with Crippen LogP contribution in [0.3, 0.4) is 0 Å². The number of amides is 1. The second-order valence-corrected chi connectivity index (χ2v) is 7.50. The molecule has 156 valence electrons. The van der Waals surface area contributed by atoms with Crippen LogP contribution in [-0.4, -0.2) is 46.3 Å². The number of benzene rings is 1. The average molecular weight is 402 g/mol. The molecule has 1 aliphatic heterocycles. The summed E-state index contributed by atoms with van der Waals surface area (Å²) < 4.78 is 25.4. The zero-order valence-electron chi connectivity index (χ0n) is 17.2. The van der Waals surface area contributed by atoms with E-state index in [1.807, 2.05) is 33.8 Å². The molecule has 2 heterocycles. The number of aryl methyl sites for hydroxylation is 1. The third-order valence-electron chi connectivity index (χ3n) is 4.73. The van der Waals surface area contributed by atoms with Gasteiger partial charge in [0.2, 0.25) is 5.88 Å². The number of nitrogens with zero attached hydrogens (tertiary/aromatic N) is 3. The molecule has 0 atom stereocenters. The lowest BCUT2D eigenvalue weighted by molar-refractivity contribution is 0.0505. The summed E-state index contributed by atoms with van der Waals surface area (Å²) in [6.45, 7) is 8.47. The summed E-state index contributed by atoms with van der Waals surface area (Å²) in [6, 6.07) is 4.98. The van der Waals surface area contributed by atoms with Gasteiger partial charge in [-0.3, -0.25) is 0 Å². The van der Waals surface area contributed by atoms with Crippen molar-refractivity contribution < 1.29 is 18.7 Å². The fraction of sp³-hybridized carbons (Fsp3) is 0.476. The van der Waals surface area contributed by atoms with E-state index < -0.39 is 0 Å². The highest BCUT2D eigenvalue weighted by atomic mass is 19.1. The Morgan fingerprint density at radius 2 is 1.97 bits per heavy atom. The molecule has 0 bridgehead atoms. The van der Waals surface area contributed by atoms with Gasteiger partial charge in [-0.15, -0.1) is 0 Å². The molecule has 1 fully saturated rings. The average Bonchev–Trinajstić information content (AvgIpc) is 2.67. The predicted molar refractivity (Wildman–Crippen MR) is 108 cm³/mol. The first-order valence-corrected chi connectivity index (χ1v) is 9.80. The molecule has 1 saturated heterocycles. The zero-order chi connectivity index (χ0) is 21.0. The van der Waals surface area contributed by atoms with Crippen LogP contribution in [0.5, 0.6) is 5.88 Å². The number of nitrogens with one attached hydrogen (secondary N) is 1. The van der Waals surface area contributed by atoms with E-state index in [9.17, 15) is 9.18 Å². The number of carbonyl (C=O) groups is 1.